The van der Waals surface area contributed by atoms with Crippen molar-refractivity contribution in [2.45, 2.75) is 6.18 Å². The van der Waals surface area contributed by atoms with Gasteiger partial charge in [-0.3, -0.25) is 0 Å². The van der Waals surface area contributed by atoms with Gasteiger partial charge in [0.1, 0.15) is 5.75 Å². The van der Waals surface area contributed by atoms with E-state index in [1.54, 1.807) is 0 Å². The number of esters is 1. The maximum absolute atomic E-state index is 12.8. The van der Waals surface area contributed by atoms with E-state index in [-0.39, 0.29) is 12.4 Å². The third-order valence-corrected chi connectivity index (χ3v) is 2.37. The van der Waals surface area contributed by atoms with Gasteiger partial charge >= 0.3 is 12.1 Å². The van der Waals surface area contributed by atoms with Crippen LogP contribution in [0.15, 0.2) is 18.2 Å². The molecule has 100 valence electrons. The fraction of sp³-hybridized carbons (Fsp3) is 0.364. The summed E-state index contributed by atoms with van der Waals surface area (Å²) in [6, 6.07) is 3.12. The molecule has 0 aliphatic rings. The molecule has 1 aromatic rings. The lowest BCUT2D eigenvalue weighted by Gasteiger charge is -2.13. The van der Waals surface area contributed by atoms with Crippen LogP contribution in [0, 0.1) is 0 Å². The summed E-state index contributed by atoms with van der Waals surface area (Å²) in [5.41, 5.74) is -1.60. The summed E-state index contributed by atoms with van der Waals surface area (Å²) in [6.45, 7) is 0.231. The molecule has 18 heavy (non-hydrogen) atoms. The van der Waals surface area contributed by atoms with E-state index in [9.17, 15) is 18.0 Å². The number of rotatable bonds is 4. The lowest BCUT2D eigenvalue weighted by molar-refractivity contribution is -0.138. The van der Waals surface area contributed by atoms with Gasteiger partial charge in [-0.05, 0) is 18.2 Å². The summed E-state index contributed by atoms with van der Waals surface area (Å²) in [6.07, 6.45) is -4.64. The van der Waals surface area contributed by atoms with E-state index in [1.165, 1.54) is 6.07 Å². The zero-order valence-electron chi connectivity index (χ0n) is 9.38. The van der Waals surface area contributed by atoms with E-state index < -0.39 is 23.3 Å². The Balaban J connectivity index is 3.17. The zero-order valence-corrected chi connectivity index (χ0v) is 11.0. The number of methoxy groups -OCH3 is 1. The number of alkyl halides is 4. The minimum Gasteiger partial charge on any atom is -0.493 e. The number of hydrogen-bond acceptors (Lipinski definition) is 3. The predicted molar refractivity (Wildman–Crippen MR) is 62.1 cm³/mol. The summed E-state index contributed by atoms with van der Waals surface area (Å²) in [5.74, 6) is -0.983. The molecule has 1 rings (SSSR count). The fourth-order valence-corrected chi connectivity index (χ4v) is 1.45. The van der Waals surface area contributed by atoms with E-state index in [1.807, 2.05) is 0 Å². The van der Waals surface area contributed by atoms with Gasteiger partial charge in [0, 0.05) is 5.33 Å². The highest BCUT2D eigenvalue weighted by molar-refractivity contribution is 9.09. The van der Waals surface area contributed by atoms with Crippen molar-refractivity contribution in [3.05, 3.63) is 29.3 Å². The van der Waals surface area contributed by atoms with Crippen molar-refractivity contribution >= 4 is 21.9 Å². The molecule has 1 aromatic carbocycles. The first-order valence-corrected chi connectivity index (χ1v) is 6.00. The molecule has 3 nitrogen and oxygen atoms in total. The van der Waals surface area contributed by atoms with Crippen molar-refractivity contribution in [2.75, 3.05) is 19.0 Å². The molecule has 0 radical (unpaired) electrons. The highest BCUT2D eigenvalue weighted by Gasteiger charge is 2.36. The van der Waals surface area contributed by atoms with Gasteiger partial charge in [0.15, 0.2) is 0 Å². The molecule has 0 aliphatic carbocycles. The van der Waals surface area contributed by atoms with Gasteiger partial charge in [-0.2, -0.15) is 13.2 Å². The van der Waals surface area contributed by atoms with Crippen molar-refractivity contribution in [1.29, 1.82) is 0 Å². The van der Waals surface area contributed by atoms with E-state index in [0.717, 1.165) is 19.2 Å². The van der Waals surface area contributed by atoms with Crippen molar-refractivity contribution < 1.29 is 27.4 Å². The van der Waals surface area contributed by atoms with Crippen LogP contribution in [0.5, 0.6) is 5.75 Å². The second-order valence-corrected chi connectivity index (χ2v) is 4.03. The number of ether oxygens (including phenoxy) is 2. The lowest BCUT2D eigenvalue weighted by atomic mass is 10.1. The minimum absolute atomic E-state index is 0.0504. The molecule has 0 spiro atoms. The van der Waals surface area contributed by atoms with Crippen molar-refractivity contribution in [2.24, 2.45) is 0 Å². The Kier molecular flexibility index (Phi) is 5.01. The largest absolute Gasteiger partial charge is 0.493 e. The number of hydrogen-bond donors (Lipinski definition) is 0. The third-order valence-electron chi connectivity index (χ3n) is 2.05. The summed E-state index contributed by atoms with van der Waals surface area (Å²) in [7, 11) is 1.03. The molecule has 0 heterocycles. The fourth-order valence-electron chi connectivity index (χ4n) is 1.29. The lowest BCUT2D eigenvalue weighted by Crippen LogP contribution is -2.14. The predicted octanol–water partition coefficient (Wildman–Crippen LogP) is 3.27. The Hall–Kier alpha value is -1.24. The molecule has 0 aromatic heterocycles. The standard InChI is InChI=1S/C11H10BrF3O3/c1-17-10(16)8-3-2-7(18-5-4-12)6-9(8)11(13,14)15/h2-3,6H,4-5H2,1H3. The average Bonchev–Trinajstić information content (AvgIpc) is 2.34. The molecule has 0 unspecified atom stereocenters. The van der Waals surface area contributed by atoms with Gasteiger partial charge in [-0.15, -0.1) is 0 Å². The molecule has 0 atom stereocenters. The topological polar surface area (TPSA) is 35.5 Å². The van der Waals surface area contributed by atoms with Gasteiger partial charge in [0.2, 0.25) is 0 Å². The highest BCUT2D eigenvalue weighted by Crippen LogP contribution is 2.34. The van der Waals surface area contributed by atoms with Crippen LogP contribution in [-0.2, 0) is 10.9 Å². The summed E-state index contributed by atoms with van der Waals surface area (Å²) < 4.78 is 47.7. The molecule has 0 N–H and O–H groups in total. The van der Waals surface area contributed by atoms with Crippen molar-refractivity contribution in [3.8, 4) is 5.75 Å². The van der Waals surface area contributed by atoms with E-state index in [2.05, 4.69) is 20.7 Å². The quantitative estimate of drug-likeness (QED) is 0.629. The summed E-state index contributed by atoms with van der Waals surface area (Å²) in [4.78, 5) is 11.2. The molecule has 0 saturated heterocycles. The highest BCUT2D eigenvalue weighted by atomic mass is 79.9. The van der Waals surface area contributed by atoms with Crippen LogP contribution in [0.3, 0.4) is 0 Å². The van der Waals surface area contributed by atoms with Gasteiger partial charge in [0.25, 0.3) is 0 Å². The van der Waals surface area contributed by atoms with Crippen LogP contribution in [0.1, 0.15) is 15.9 Å². The molecular formula is C11H10BrF3O3. The van der Waals surface area contributed by atoms with Crippen LogP contribution >= 0.6 is 15.9 Å². The molecule has 7 heteroatoms. The first-order chi connectivity index (χ1) is 8.40. The normalized spacial score (nSPS) is 11.2. The number of halogens is 4. The second kappa shape index (κ2) is 6.08. The average molecular weight is 327 g/mol. The minimum atomic E-state index is -4.64. The third kappa shape index (κ3) is 3.63. The Morgan fingerprint density at radius 3 is 2.56 bits per heavy atom. The van der Waals surface area contributed by atoms with Gasteiger partial charge < -0.3 is 9.47 Å². The zero-order chi connectivity index (χ0) is 13.8. The van der Waals surface area contributed by atoms with E-state index in [4.69, 9.17) is 4.74 Å². The maximum Gasteiger partial charge on any atom is 0.417 e. The molecule has 0 aliphatic heterocycles. The molecule has 0 saturated carbocycles. The SMILES string of the molecule is COC(=O)c1ccc(OCCBr)cc1C(F)(F)F. The first kappa shape index (κ1) is 14.8. The smallest absolute Gasteiger partial charge is 0.417 e. The van der Waals surface area contributed by atoms with Crippen LogP contribution in [-0.4, -0.2) is 25.0 Å². The van der Waals surface area contributed by atoms with E-state index in [0.29, 0.717) is 5.33 Å². The second-order valence-electron chi connectivity index (χ2n) is 3.23. The molecular weight excluding hydrogens is 317 g/mol. The Morgan fingerprint density at radius 1 is 1.39 bits per heavy atom. The summed E-state index contributed by atoms with van der Waals surface area (Å²) in [5, 5.41) is 0.493. The van der Waals surface area contributed by atoms with Gasteiger partial charge in [0.05, 0.1) is 24.8 Å². The van der Waals surface area contributed by atoms with Crippen LogP contribution in [0.25, 0.3) is 0 Å². The monoisotopic (exact) mass is 326 g/mol. The maximum atomic E-state index is 12.8. The Bertz CT molecular complexity index is 432. The summed E-state index contributed by atoms with van der Waals surface area (Å²) >= 11 is 3.09. The van der Waals surface area contributed by atoms with Crippen LogP contribution in [0.4, 0.5) is 13.2 Å². The first-order valence-electron chi connectivity index (χ1n) is 4.88. The Labute approximate surface area is 110 Å². The molecule has 0 amide bonds. The Morgan fingerprint density at radius 2 is 2.06 bits per heavy atom. The number of carbonyl (C=O) groups excluding carboxylic acids is 1. The van der Waals surface area contributed by atoms with Gasteiger partial charge in [-0.1, -0.05) is 15.9 Å². The number of carbonyl (C=O) groups is 1. The molecule has 0 bridgehead atoms. The van der Waals surface area contributed by atoms with Crippen molar-refractivity contribution in [1.82, 2.24) is 0 Å². The van der Waals surface area contributed by atoms with Crippen LogP contribution in [0.2, 0.25) is 0 Å². The molecule has 0 fully saturated rings. The van der Waals surface area contributed by atoms with Gasteiger partial charge in [-0.25, -0.2) is 4.79 Å². The van der Waals surface area contributed by atoms with E-state index >= 15 is 0 Å². The van der Waals surface area contributed by atoms with Crippen LogP contribution < -0.4 is 4.74 Å². The number of benzene rings is 1. The van der Waals surface area contributed by atoms with Crippen molar-refractivity contribution in [3.63, 3.8) is 0 Å².